The minimum absolute atomic E-state index is 0.167. The van der Waals surface area contributed by atoms with Gasteiger partial charge in [-0.2, -0.15) is 0 Å². The predicted octanol–water partition coefficient (Wildman–Crippen LogP) is 2.58. The summed E-state index contributed by atoms with van der Waals surface area (Å²) in [5.74, 6) is -0.0689. The van der Waals surface area contributed by atoms with Gasteiger partial charge >= 0.3 is 5.97 Å². The summed E-state index contributed by atoms with van der Waals surface area (Å²) in [6.45, 7) is 6.23. The molecule has 0 aromatic carbocycles. The number of carbonyl (C=O) groups is 1. The second-order valence-corrected chi connectivity index (χ2v) is 5.48. The van der Waals surface area contributed by atoms with E-state index in [2.05, 4.69) is 22.1 Å². The molecule has 2 N–H and O–H groups in total. The smallest absolute Gasteiger partial charge is 0.339 e. The monoisotopic (exact) mass is 297 g/mol. The van der Waals surface area contributed by atoms with Crippen molar-refractivity contribution in [1.29, 1.82) is 0 Å². The van der Waals surface area contributed by atoms with E-state index in [1.54, 1.807) is 0 Å². The quantitative estimate of drug-likeness (QED) is 0.818. The Bertz CT molecular complexity index is 473. The number of piperidine rings is 1. The Labute approximate surface area is 123 Å². The van der Waals surface area contributed by atoms with Crippen molar-refractivity contribution >= 4 is 23.4 Å². The van der Waals surface area contributed by atoms with Crippen LogP contribution in [0.2, 0.25) is 5.15 Å². The van der Waals surface area contributed by atoms with Gasteiger partial charge in [-0.15, -0.1) is 0 Å². The van der Waals surface area contributed by atoms with Gasteiger partial charge in [-0.1, -0.05) is 18.5 Å². The van der Waals surface area contributed by atoms with Crippen LogP contribution in [-0.4, -0.2) is 47.1 Å². The molecule has 1 aliphatic heterocycles. The van der Waals surface area contributed by atoms with E-state index < -0.39 is 5.97 Å². The van der Waals surface area contributed by atoms with Crippen molar-refractivity contribution in [2.75, 3.05) is 31.5 Å². The number of nitrogens with zero attached hydrogens (tertiary/aromatic N) is 2. The van der Waals surface area contributed by atoms with Gasteiger partial charge in [0.05, 0.1) is 0 Å². The maximum absolute atomic E-state index is 11.1. The van der Waals surface area contributed by atoms with Crippen molar-refractivity contribution in [2.45, 2.75) is 19.8 Å². The summed E-state index contributed by atoms with van der Waals surface area (Å²) < 4.78 is 0. The number of pyridine rings is 1. The highest BCUT2D eigenvalue weighted by molar-refractivity contribution is 6.29. The first-order chi connectivity index (χ1) is 9.60. The zero-order chi connectivity index (χ0) is 14.5. The molecule has 0 amide bonds. The molecule has 0 atom stereocenters. The number of hydrogen-bond donors (Lipinski definition) is 2. The Morgan fingerprint density at radius 2 is 2.20 bits per heavy atom. The van der Waals surface area contributed by atoms with Crippen molar-refractivity contribution in [1.82, 2.24) is 9.88 Å². The van der Waals surface area contributed by atoms with Gasteiger partial charge in [0.15, 0.2) is 0 Å². The molecule has 110 valence electrons. The lowest BCUT2D eigenvalue weighted by atomic mass is 9.97. The summed E-state index contributed by atoms with van der Waals surface area (Å²) in [5.41, 5.74) is 0.167. The molecule has 0 spiro atoms. The number of aromatic nitrogens is 1. The third kappa shape index (κ3) is 3.84. The molecule has 0 radical (unpaired) electrons. The number of carboxylic acid groups (broad SMARTS) is 1. The molecular formula is C14H20ClN3O2. The number of rotatable bonds is 5. The second-order valence-electron chi connectivity index (χ2n) is 5.09. The van der Waals surface area contributed by atoms with Crippen LogP contribution in [0.3, 0.4) is 0 Å². The molecule has 1 aromatic heterocycles. The van der Waals surface area contributed by atoms with E-state index in [9.17, 15) is 4.79 Å². The Morgan fingerprint density at radius 3 is 2.80 bits per heavy atom. The molecule has 2 rings (SSSR count). The fraction of sp³-hybridized carbons (Fsp3) is 0.571. The lowest BCUT2D eigenvalue weighted by molar-refractivity contribution is 0.0697. The molecular weight excluding hydrogens is 278 g/mol. The average molecular weight is 298 g/mol. The highest BCUT2D eigenvalue weighted by atomic mass is 35.5. The first-order valence-corrected chi connectivity index (χ1v) is 7.34. The molecule has 2 heterocycles. The van der Waals surface area contributed by atoms with Crippen molar-refractivity contribution in [3.8, 4) is 0 Å². The molecule has 1 aliphatic rings. The van der Waals surface area contributed by atoms with Crippen LogP contribution in [0.5, 0.6) is 0 Å². The molecule has 0 bridgehead atoms. The molecule has 0 unspecified atom stereocenters. The van der Waals surface area contributed by atoms with Crippen LogP contribution in [0.15, 0.2) is 12.1 Å². The number of hydrogen-bond acceptors (Lipinski definition) is 4. The highest BCUT2D eigenvalue weighted by Gasteiger charge is 2.19. The van der Waals surface area contributed by atoms with E-state index in [0.717, 1.165) is 39.0 Å². The summed E-state index contributed by atoms with van der Waals surface area (Å²) in [5, 5.41) is 12.6. The fourth-order valence-corrected chi connectivity index (χ4v) is 2.64. The normalized spacial score (nSPS) is 17.1. The molecule has 1 fully saturated rings. The number of nitrogens with one attached hydrogen (secondary N) is 1. The van der Waals surface area contributed by atoms with Crippen LogP contribution in [0.4, 0.5) is 5.82 Å². The number of anilines is 1. The molecule has 1 saturated heterocycles. The highest BCUT2D eigenvalue weighted by Crippen LogP contribution is 2.20. The van der Waals surface area contributed by atoms with Crippen LogP contribution in [-0.2, 0) is 0 Å². The third-order valence-corrected chi connectivity index (χ3v) is 4.01. The molecule has 20 heavy (non-hydrogen) atoms. The van der Waals surface area contributed by atoms with Crippen molar-refractivity contribution in [2.24, 2.45) is 5.92 Å². The Hall–Kier alpha value is -1.33. The lowest BCUT2D eigenvalue weighted by Crippen LogP contribution is -2.35. The predicted molar refractivity (Wildman–Crippen MR) is 79.5 cm³/mol. The van der Waals surface area contributed by atoms with Crippen molar-refractivity contribution < 1.29 is 9.90 Å². The van der Waals surface area contributed by atoms with Gasteiger partial charge in [0.1, 0.15) is 16.5 Å². The maximum atomic E-state index is 11.1. The average Bonchev–Trinajstić information content (AvgIpc) is 2.45. The van der Waals surface area contributed by atoms with E-state index in [4.69, 9.17) is 16.7 Å². The van der Waals surface area contributed by atoms with Gasteiger partial charge in [-0.25, -0.2) is 9.78 Å². The molecule has 5 nitrogen and oxygen atoms in total. The SMILES string of the molecule is CCN1CCC(CNc2nc(Cl)ccc2C(=O)O)CC1. The van der Waals surface area contributed by atoms with Gasteiger partial charge in [-0.05, 0) is 50.5 Å². The molecule has 1 aromatic rings. The summed E-state index contributed by atoms with van der Waals surface area (Å²) in [7, 11) is 0. The first kappa shape index (κ1) is 15.1. The summed E-state index contributed by atoms with van der Waals surface area (Å²) >= 11 is 5.83. The number of halogens is 1. The van der Waals surface area contributed by atoms with E-state index in [0.29, 0.717) is 16.9 Å². The largest absolute Gasteiger partial charge is 0.478 e. The van der Waals surface area contributed by atoms with Crippen LogP contribution in [0, 0.1) is 5.92 Å². The lowest BCUT2D eigenvalue weighted by Gasteiger charge is -2.31. The number of aromatic carboxylic acids is 1. The van der Waals surface area contributed by atoms with Crippen molar-refractivity contribution in [3.05, 3.63) is 22.8 Å². The number of likely N-dealkylation sites (tertiary alicyclic amines) is 1. The van der Waals surface area contributed by atoms with E-state index in [-0.39, 0.29) is 5.56 Å². The van der Waals surface area contributed by atoms with Gasteiger partial charge in [0.2, 0.25) is 0 Å². The van der Waals surface area contributed by atoms with Gasteiger partial charge < -0.3 is 15.3 Å². The van der Waals surface area contributed by atoms with Crippen LogP contribution in [0.25, 0.3) is 0 Å². The zero-order valence-corrected chi connectivity index (χ0v) is 12.4. The molecule has 0 saturated carbocycles. The minimum atomic E-state index is -0.988. The van der Waals surface area contributed by atoms with E-state index in [1.807, 2.05) is 0 Å². The molecule has 6 heteroatoms. The topological polar surface area (TPSA) is 65.5 Å². The van der Waals surface area contributed by atoms with Gasteiger partial charge in [0, 0.05) is 6.54 Å². The summed E-state index contributed by atoms with van der Waals surface area (Å²) in [6, 6.07) is 2.98. The Kier molecular flexibility index (Phi) is 5.20. The standard InChI is InChI=1S/C14H20ClN3O2/c1-2-18-7-5-10(6-8-18)9-16-13-11(14(19)20)3-4-12(15)17-13/h3-4,10H,2,5-9H2,1H3,(H,16,17)(H,19,20). The van der Waals surface area contributed by atoms with Gasteiger partial charge in [0.25, 0.3) is 0 Å². The maximum Gasteiger partial charge on any atom is 0.339 e. The van der Waals surface area contributed by atoms with Crippen molar-refractivity contribution in [3.63, 3.8) is 0 Å². The van der Waals surface area contributed by atoms with Crippen LogP contribution < -0.4 is 5.32 Å². The molecule has 0 aliphatic carbocycles. The third-order valence-electron chi connectivity index (χ3n) is 3.80. The van der Waals surface area contributed by atoms with E-state index in [1.165, 1.54) is 12.1 Å². The van der Waals surface area contributed by atoms with Gasteiger partial charge in [-0.3, -0.25) is 0 Å². The van der Waals surface area contributed by atoms with Crippen LogP contribution >= 0.6 is 11.6 Å². The Morgan fingerprint density at radius 1 is 1.50 bits per heavy atom. The van der Waals surface area contributed by atoms with Crippen LogP contribution in [0.1, 0.15) is 30.1 Å². The van der Waals surface area contributed by atoms with E-state index >= 15 is 0 Å². The second kappa shape index (κ2) is 6.90. The number of carboxylic acids is 1. The Balaban J connectivity index is 1.94. The summed E-state index contributed by atoms with van der Waals surface area (Å²) in [4.78, 5) is 17.6. The minimum Gasteiger partial charge on any atom is -0.478 e. The summed E-state index contributed by atoms with van der Waals surface area (Å²) in [6.07, 6.45) is 2.26. The first-order valence-electron chi connectivity index (χ1n) is 6.96. The zero-order valence-electron chi connectivity index (χ0n) is 11.6. The fourth-order valence-electron chi connectivity index (χ4n) is 2.49.